The molecule has 0 radical (unpaired) electrons. The van der Waals surface area contributed by atoms with Gasteiger partial charge < -0.3 is 19.6 Å². The summed E-state index contributed by atoms with van der Waals surface area (Å²) >= 11 is 0. The van der Waals surface area contributed by atoms with Crippen LogP contribution >= 0.6 is 0 Å². The predicted molar refractivity (Wildman–Crippen MR) is 133 cm³/mol. The maximum absolute atomic E-state index is 13.3. The highest BCUT2D eigenvalue weighted by Gasteiger charge is 2.46. The summed E-state index contributed by atoms with van der Waals surface area (Å²) in [6, 6.07) is 12.6. The average molecular weight is 455 g/mol. The Morgan fingerprint density at radius 2 is 1.97 bits per heavy atom. The number of hydrogen-bond acceptors (Lipinski definition) is 4. The molecule has 3 fully saturated rings. The van der Waals surface area contributed by atoms with E-state index in [-0.39, 0.29) is 18.0 Å². The summed E-state index contributed by atoms with van der Waals surface area (Å²) in [6.45, 7) is 5.89. The van der Waals surface area contributed by atoms with E-state index in [4.69, 9.17) is 15.1 Å². The zero-order valence-electron chi connectivity index (χ0n) is 19.8. The molecule has 7 rings (SSSR count). The fourth-order valence-electron chi connectivity index (χ4n) is 6.20. The minimum Gasteiger partial charge on any atom is -0.454 e. The summed E-state index contributed by atoms with van der Waals surface area (Å²) in [6.07, 6.45) is 4.70. The van der Waals surface area contributed by atoms with Gasteiger partial charge in [0.1, 0.15) is 11.2 Å². The Bertz CT molecular complexity index is 1460. The number of pyridine rings is 1. The lowest BCUT2D eigenvalue weighted by Crippen LogP contribution is -2.41. The average Bonchev–Trinajstić information content (AvgIpc) is 3.26. The Morgan fingerprint density at radius 1 is 1.12 bits per heavy atom. The van der Waals surface area contributed by atoms with Crippen molar-refractivity contribution in [2.24, 2.45) is 17.6 Å². The van der Waals surface area contributed by atoms with E-state index in [2.05, 4.69) is 29.7 Å². The number of piperidine rings is 1. The van der Waals surface area contributed by atoms with Gasteiger partial charge in [0.15, 0.2) is 5.76 Å². The Morgan fingerprint density at radius 3 is 2.71 bits per heavy atom. The molecule has 4 aromatic rings. The van der Waals surface area contributed by atoms with E-state index in [0.717, 1.165) is 70.6 Å². The molecule has 0 spiro atoms. The normalized spacial score (nSPS) is 24.1. The fraction of sp³-hybridized carbons (Fsp3) is 0.429. The molecule has 2 N–H and O–H groups in total. The lowest BCUT2D eigenvalue weighted by Gasteiger charge is -2.27. The smallest absolute Gasteiger partial charge is 0.254 e. The summed E-state index contributed by atoms with van der Waals surface area (Å²) in [5.74, 6) is 2.11. The summed E-state index contributed by atoms with van der Waals surface area (Å²) in [4.78, 5) is 20.2. The molecular weight excluding hydrogens is 424 g/mol. The van der Waals surface area contributed by atoms with Gasteiger partial charge in [-0.3, -0.25) is 4.79 Å². The van der Waals surface area contributed by atoms with Crippen LogP contribution in [0.2, 0.25) is 0 Å². The zero-order chi connectivity index (χ0) is 23.1. The molecule has 6 nitrogen and oxygen atoms in total. The van der Waals surface area contributed by atoms with Gasteiger partial charge in [-0.25, -0.2) is 4.98 Å². The molecule has 1 amide bonds. The molecule has 6 heteroatoms. The lowest BCUT2D eigenvalue weighted by atomic mass is 10.1. The van der Waals surface area contributed by atoms with Crippen molar-refractivity contribution in [3.8, 4) is 11.5 Å². The molecule has 3 aliphatic rings. The number of nitrogens with two attached hydrogens (primary N) is 1. The number of fused-ring (bicyclic) bond motifs is 4. The molecule has 174 valence electrons. The predicted octanol–water partition coefficient (Wildman–Crippen LogP) is 5.04. The Kier molecular flexibility index (Phi) is 4.29. The molecule has 1 saturated heterocycles. The number of amides is 1. The van der Waals surface area contributed by atoms with Crippen LogP contribution in [0.5, 0.6) is 0 Å². The van der Waals surface area contributed by atoms with Crippen molar-refractivity contribution in [2.45, 2.75) is 58.2 Å². The van der Waals surface area contributed by atoms with Crippen LogP contribution in [0.4, 0.5) is 0 Å². The van der Waals surface area contributed by atoms with Crippen LogP contribution in [0.3, 0.4) is 0 Å². The maximum atomic E-state index is 13.3. The topological polar surface area (TPSA) is 77.3 Å². The first-order chi connectivity index (χ1) is 16.5. The van der Waals surface area contributed by atoms with E-state index < -0.39 is 0 Å². The standard InChI is InChI=1S/C28H30N4O2/c1-15-3-6-18-11-23(31(27(18)30-15)13-17-4-5-17)26-16(2)21-9-7-19(12-24(21)34-26)28(33)32-14-20-8-10-22(32)25(20)29/h3,6-7,9,11-12,17,20,22,25H,4-5,8,10,13-14,29H2,1-2H3/t20?,22?,25-/m1/s1. The first-order valence-corrected chi connectivity index (χ1v) is 12.5. The Hall–Kier alpha value is -3.12. The highest BCUT2D eigenvalue weighted by atomic mass is 16.3. The van der Waals surface area contributed by atoms with Crippen LogP contribution in [0, 0.1) is 25.7 Å². The molecule has 1 aromatic carbocycles. The molecule has 4 heterocycles. The molecular formula is C28H30N4O2. The van der Waals surface area contributed by atoms with Crippen molar-refractivity contribution in [3.63, 3.8) is 0 Å². The number of hydrogen-bond donors (Lipinski definition) is 1. The van der Waals surface area contributed by atoms with Crippen molar-refractivity contribution in [1.82, 2.24) is 14.5 Å². The molecule has 2 saturated carbocycles. The van der Waals surface area contributed by atoms with Crippen molar-refractivity contribution in [2.75, 3.05) is 6.54 Å². The van der Waals surface area contributed by atoms with Gasteiger partial charge in [-0.2, -0.15) is 0 Å². The number of likely N-dealkylation sites (tertiary alicyclic amines) is 1. The SMILES string of the molecule is Cc1ccc2cc(-c3oc4cc(C(=O)N5CC6CCC5[C@@H]6N)ccc4c3C)n(CC3CC3)c2n1. The van der Waals surface area contributed by atoms with E-state index in [0.29, 0.717) is 17.4 Å². The van der Waals surface area contributed by atoms with Gasteiger partial charge in [-0.15, -0.1) is 0 Å². The largest absolute Gasteiger partial charge is 0.454 e. The molecule has 34 heavy (non-hydrogen) atoms. The van der Waals surface area contributed by atoms with Gasteiger partial charge in [0.05, 0.1) is 5.69 Å². The molecule has 3 atom stereocenters. The highest BCUT2D eigenvalue weighted by molar-refractivity contribution is 5.99. The van der Waals surface area contributed by atoms with E-state index in [1.165, 1.54) is 12.8 Å². The summed E-state index contributed by atoms with van der Waals surface area (Å²) in [5, 5.41) is 2.19. The van der Waals surface area contributed by atoms with Crippen molar-refractivity contribution < 1.29 is 9.21 Å². The summed E-state index contributed by atoms with van der Waals surface area (Å²) in [5.41, 5.74) is 12.0. The lowest BCUT2D eigenvalue weighted by molar-refractivity contribution is 0.0700. The van der Waals surface area contributed by atoms with E-state index in [1.807, 2.05) is 30.0 Å². The number of carbonyl (C=O) groups is 1. The minimum absolute atomic E-state index is 0.0719. The third-order valence-electron chi connectivity index (χ3n) is 8.35. The van der Waals surface area contributed by atoms with Crippen LogP contribution in [-0.2, 0) is 6.54 Å². The van der Waals surface area contributed by atoms with Gasteiger partial charge in [0.2, 0.25) is 0 Å². The Labute approximate surface area is 198 Å². The zero-order valence-corrected chi connectivity index (χ0v) is 19.8. The second-order valence-corrected chi connectivity index (χ2v) is 10.7. The number of furan rings is 1. The second-order valence-electron chi connectivity index (χ2n) is 10.7. The molecule has 2 aliphatic carbocycles. The van der Waals surface area contributed by atoms with E-state index in [9.17, 15) is 4.79 Å². The number of benzene rings is 1. The van der Waals surface area contributed by atoms with E-state index in [1.54, 1.807) is 0 Å². The van der Waals surface area contributed by atoms with Crippen LogP contribution in [0.25, 0.3) is 33.5 Å². The number of rotatable bonds is 4. The number of aryl methyl sites for hydroxylation is 2. The Balaban J connectivity index is 1.30. The monoisotopic (exact) mass is 454 g/mol. The molecule has 2 bridgehead atoms. The van der Waals surface area contributed by atoms with E-state index >= 15 is 0 Å². The van der Waals surface area contributed by atoms with Gasteiger partial charge in [0, 0.05) is 52.8 Å². The fourth-order valence-corrected chi connectivity index (χ4v) is 6.20. The first-order valence-electron chi connectivity index (χ1n) is 12.5. The third kappa shape index (κ3) is 2.97. The minimum atomic E-state index is 0.0719. The van der Waals surface area contributed by atoms with Gasteiger partial charge in [-0.1, -0.05) is 6.07 Å². The summed E-state index contributed by atoms with van der Waals surface area (Å²) < 4.78 is 8.81. The van der Waals surface area contributed by atoms with Crippen molar-refractivity contribution in [1.29, 1.82) is 0 Å². The molecule has 2 unspecified atom stereocenters. The molecule has 3 aromatic heterocycles. The number of nitrogens with zero attached hydrogens (tertiary/aromatic N) is 3. The molecule has 1 aliphatic heterocycles. The third-order valence-corrected chi connectivity index (χ3v) is 8.35. The van der Waals surface area contributed by atoms with Crippen LogP contribution in [0.1, 0.15) is 47.3 Å². The van der Waals surface area contributed by atoms with Crippen molar-refractivity contribution >= 4 is 27.9 Å². The first kappa shape index (κ1) is 20.3. The van der Waals surface area contributed by atoms with Crippen molar-refractivity contribution in [3.05, 3.63) is 53.2 Å². The van der Waals surface area contributed by atoms with Crippen LogP contribution in [-0.4, -0.2) is 39.0 Å². The maximum Gasteiger partial charge on any atom is 0.254 e. The number of carbonyl (C=O) groups excluding carboxylic acids is 1. The second kappa shape index (κ2) is 7.19. The van der Waals surface area contributed by atoms with Crippen LogP contribution < -0.4 is 5.73 Å². The number of aromatic nitrogens is 2. The van der Waals surface area contributed by atoms with Gasteiger partial charge in [0.25, 0.3) is 5.91 Å². The van der Waals surface area contributed by atoms with Gasteiger partial charge >= 0.3 is 0 Å². The van der Waals surface area contributed by atoms with Crippen LogP contribution in [0.15, 0.2) is 40.8 Å². The quantitative estimate of drug-likeness (QED) is 0.469. The van der Waals surface area contributed by atoms with Gasteiger partial charge in [-0.05, 0) is 81.7 Å². The highest BCUT2D eigenvalue weighted by Crippen LogP contribution is 2.40. The summed E-state index contributed by atoms with van der Waals surface area (Å²) in [7, 11) is 0.